The summed E-state index contributed by atoms with van der Waals surface area (Å²) in [5.74, 6) is 0.810. The first-order valence-corrected chi connectivity index (χ1v) is 7.26. The van der Waals surface area contributed by atoms with Crippen LogP contribution in [-0.4, -0.2) is 18.7 Å². The van der Waals surface area contributed by atoms with Gasteiger partial charge in [-0.1, -0.05) is 43.7 Å². The van der Waals surface area contributed by atoms with E-state index >= 15 is 0 Å². The highest BCUT2D eigenvalue weighted by Gasteiger charge is 2.18. The van der Waals surface area contributed by atoms with Crippen LogP contribution in [0.2, 0.25) is 5.02 Å². The van der Waals surface area contributed by atoms with E-state index < -0.39 is 0 Å². The monoisotopic (exact) mass is 281 g/mol. The van der Waals surface area contributed by atoms with Crippen molar-refractivity contribution in [2.24, 2.45) is 0 Å². The van der Waals surface area contributed by atoms with Gasteiger partial charge >= 0.3 is 0 Å². The molecule has 2 unspecified atom stereocenters. The van der Waals surface area contributed by atoms with Crippen LogP contribution in [0.15, 0.2) is 36.4 Å². The molecular weight excluding hydrogens is 258 g/mol. The summed E-state index contributed by atoms with van der Waals surface area (Å²) in [7, 11) is 0. The highest BCUT2D eigenvalue weighted by atomic mass is 35.5. The van der Waals surface area contributed by atoms with Crippen LogP contribution >= 0.6 is 11.6 Å². The summed E-state index contributed by atoms with van der Waals surface area (Å²) in [6, 6.07) is 7.80. The minimum atomic E-state index is 0.0710. The quantitative estimate of drug-likeness (QED) is 0.711. The summed E-state index contributed by atoms with van der Waals surface area (Å²) in [4.78, 5) is 0. The number of nitrogens with one attached hydrogen (secondary N) is 1. The van der Waals surface area contributed by atoms with Gasteiger partial charge in [0, 0.05) is 11.1 Å². The standard InChI is InChI=1S/C16H24ClNO/c1-5-12(3)10-16(18-6-2)13(4)19-15-9-7-8-14(17)11-15/h7-9,11,13,16,18H,3,5-6,10H2,1-2,4H3. The molecule has 2 atom stereocenters. The van der Waals surface area contributed by atoms with E-state index in [1.54, 1.807) is 0 Å². The number of halogens is 1. The van der Waals surface area contributed by atoms with Gasteiger partial charge in [-0.3, -0.25) is 0 Å². The van der Waals surface area contributed by atoms with E-state index in [1.165, 1.54) is 5.57 Å². The van der Waals surface area contributed by atoms with E-state index in [1.807, 2.05) is 24.3 Å². The molecule has 0 aliphatic heterocycles. The SMILES string of the molecule is C=C(CC)CC(NCC)C(C)Oc1cccc(Cl)c1. The zero-order valence-corrected chi connectivity index (χ0v) is 12.8. The van der Waals surface area contributed by atoms with Crippen LogP contribution in [0.4, 0.5) is 0 Å². The van der Waals surface area contributed by atoms with Crippen LogP contribution < -0.4 is 10.1 Å². The summed E-state index contributed by atoms with van der Waals surface area (Å²) < 4.78 is 5.97. The Kier molecular flexibility index (Phi) is 6.96. The van der Waals surface area contributed by atoms with Gasteiger partial charge in [-0.25, -0.2) is 0 Å². The predicted octanol–water partition coefficient (Wildman–Crippen LogP) is 4.44. The highest BCUT2D eigenvalue weighted by molar-refractivity contribution is 6.30. The Morgan fingerprint density at radius 3 is 2.74 bits per heavy atom. The van der Waals surface area contributed by atoms with Crippen molar-refractivity contribution in [3.63, 3.8) is 0 Å². The van der Waals surface area contributed by atoms with Gasteiger partial charge in [-0.15, -0.1) is 0 Å². The van der Waals surface area contributed by atoms with Gasteiger partial charge in [0.1, 0.15) is 11.9 Å². The fourth-order valence-corrected chi connectivity index (χ4v) is 2.14. The van der Waals surface area contributed by atoms with E-state index in [2.05, 4.69) is 32.7 Å². The number of rotatable bonds is 8. The molecule has 1 rings (SSSR count). The first-order valence-electron chi connectivity index (χ1n) is 6.89. The molecule has 0 radical (unpaired) electrons. The third-order valence-electron chi connectivity index (χ3n) is 3.16. The smallest absolute Gasteiger partial charge is 0.121 e. The lowest BCUT2D eigenvalue weighted by Gasteiger charge is -2.26. The van der Waals surface area contributed by atoms with Crippen LogP contribution in [0.3, 0.4) is 0 Å². The third kappa shape index (κ3) is 5.66. The molecule has 0 aliphatic rings. The van der Waals surface area contributed by atoms with Crippen LogP contribution in [0, 0.1) is 0 Å². The molecule has 0 saturated carbocycles. The summed E-state index contributed by atoms with van der Waals surface area (Å²) in [5.41, 5.74) is 1.24. The number of hydrogen-bond donors (Lipinski definition) is 1. The Labute approximate surface area is 121 Å². The summed E-state index contributed by atoms with van der Waals surface area (Å²) >= 11 is 5.97. The van der Waals surface area contributed by atoms with Gasteiger partial charge in [0.25, 0.3) is 0 Å². The second kappa shape index (κ2) is 8.23. The lowest BCUT2D eigenvalue weighted by atomic mass is 10.0. The second-order valence-electron chi connectivity index (χ2n) is 4.75. The van der Waals surface area contributed by atoms with Gasteiger partial charge < -0.3 is 10.1 Å². The Bertz CT molecular complexity index is 405. The highest BCUT2D eigenvalue weighted by Crippen LogP contribution is 2.20. The van der Waals surface area contributed by atoms with Crippen molar-refractivity contribution in [1.82, 2.24) is 5.32 Å². The molecule has 106 valence electrons. The molecule has 2 nitrogen and oxygen atoms in total. The van der Waals surface area contributed by atoms with Gasteiger partial charge in [0.15, 0.2) is 0 Å². The summed E-state index contributed by atoms with van der Waals surface area (Å²) in [6.07, 6.45) is 2.01. The molecule has 1 aromatic rings. The maximum absolute atomic E-state index is 5.97. The molecular formula is C16H24ClNO. The molecule has 0 aliphatic carbocycles. The zero-order valence-electron chi connectivity index (χ0n) is 12.1. The fourth-order valence-electron chi connectivity index (χ4n) is 1.96. The second-order valence-corrected chi connectivity index (χ2v) is 5.19. The largest absolute Gasteiger partial charge is 0.489 e. The molecule has 0 spiro atoms. The van der Waals surface area contributed by atoms with Crippen molar-refractivity contribution in [2.45, 2.75) is 45.8 Å². The molecule has 19 heavy (non-hydrogen) atoms. The number of likely N-dealkylation sites (N-methyl/N-ethyl adjacent to an activating group) is 1. The topological polar surface area (TPSA) is 21.3 Å². The Morgan fingerprint density at radius 2 is 2.16 bits per heavy atom. The molecule has 0 saturated heterocycles. The van der Waals surface area contributed by atoms with Crippen LogP contribution in [0.5, 0.6) is 5.75 Å². The zero-order chi connectivity index (χ0) is 14.3. The Hall–Kier alpha value is -0.990. The molecule has 0 aromatic heterocycles. The van der Waals surface area contributed by atoms with Crippen molar-refractivity contribution in [1.29, 1.82) is 0 Å². The predicted molar refractivity (Wildman–Crippen MR) is 83.1 cm³/mol. The van der Waals surface area contributed by atoms with Crippen LogP contribution in [-0.2, 0) is 0 Å². The third-order valence-corrected chi connectivity index (χ3v) is 3.39. The van der Waals surface area contributed by atoms with Crippen molar-refractivity contribution in [2.75, 3.05) is 6.54 Å². The van der Waals surface area contributed by atoms with Gasteiger partial charge in [0.2, 0.25) is 0 Å². The molecule has 1 N–H and O–H groups in total. The molecule has 0 bridgehead atoms. The molecule has 0 fully saturated rings. The van der Waals surface area contributed by atoms with Crippen molar-refractivity contribution in [3.8, 4) is 5.75 Å². The van der Waals surface area contributed by atoms with E-state index in [0.29, 0.717) is 5.02 Å². The average Bonchev–Trinajstić information content (AvgIpc) is 2.38. The molecule has 0 amide bonds. The Balaban J connectivity index is 2.65. The van der Waals surface area contributed by atoms with Crippen LogP contribution in [0.25, 0.3) is 0 Å². The van der Waals surface area contributed by atoms with Gasteiger partial charge in [-0.05, 0) is 44.5 Å². The minimum Gasteiger partial charge on any atom is -0.489 e. The first-order chi connectivity index (χ1) is 9.06. The van der Waals surface area contributed by atoms with Crippen LogP contribution in [0.1, 0.15) is 33.6 Å². The number of benzene rings is 1. The lowest BCUT2D eigenvalue weighted by molar-refractivity contribution is 0.170. The average molecular weight is 282 g/mol. The normalized spacial score (nSPS) is 13.9. The first kappa shape index (κ1) is 16.1. The van der Waals surface area contributed by atoms with E-state index in [-0.39, 0.29) is 12.1 Å². The summed E-state index contributed by atoms with van der Waals surface area (Å²) in [6.45, 7) is 11.3. The number of ether oxygens (including phenoxy) is 1. The maximum Gasteiger partial charge on any atom is 0.121 e. The van der Waals surface area contributed by atoms with Crippen molar-refractivity contribution < 1.29 is 4.74 Å². The van der Waals surface area contributed by atoms with E-state index in [0.717, 1.165) is 25.1 Å². The van der Waals surface area contributed by atoms with E-state index in [4.69, 9.17) is 16.3 Å². The van der Waals surface area contributed by atoms with Crippen molar-refractivity contribution >= 4 is 11.6 Å². The maximum atomic E-state index is 5.97. The number of hydrogen-bond acceptors (Lipinski definition) is 2. The minimum absolute atomic E-state index is 0.0710. The lowest BCUT2D eigenvalue weighted by Crippen LogP contribution is -2.41. The van der Waals surface area contributed by atoms with Crippen molar-refractivity contribution in [3.05, 3.63) is 41.4 Å². The van der Waals surface area contributed by atoms with Gasteiger partial charge in [0.05, 0.1) is 0 Å². The van der Waals surface area contributed by atoms with Gasteiger partial charge in [-0.2, -0.15) is 0 Å². The Morgan fingerprint density at radius 1 is 1.42 bits per heavy atom. The fraction of sp³-hybridized carbons (Fsp3) is 0.500. The molecule has 1 aromatic carbocycles. The molecule has 3 heteroatoms. The summed E-state index contributed by atoms with van der Waals surface area (Å²) in [5, 5.41) is 4.16. The molecule has 0 heterocycles. The van der Waals surface area contributed by atoms with E-state index in [9.17, 15) is 0 Å².